The lowest BCUT2D eigenvalue weighted by atomic mass is 9.93. The zero-order chi connectivity index (χ0) is 14.6. The predicted octanol–water partition coefficient (Wildman–Crippen LogP) is 1.49. The van der Waals surface area contributed by atoms with E-state index < -0.39 is 18.1 Å². The van der Waals surface area contributed by atoms with Gasteiger partial charge in [0, 0.05) is 5.56 Å². The van der Waals surface area contributed by atoms with Crippen LogP contribution < -0.4 is 15.8 Å². The molecule has 0 spiro atoms. The number of likely N-dealkylation sites (N-methyl/N-ethyl adjacent to an activating group) is 1. The number of hydrogen-bond acceptors (Lipinski definition) is 4. The number of rotatable bonds is 6. The molecular formula is C14H22N2O3. The summed E-state index contributed by atoms with van der Waals surface area (Å²) < 4.78 is 5.30. The molecule has 2 unspecified atom stereocenters. The number of nitrogens with two attached hydrogens (primary N) is 1. The minimum absolute atomic E-state index is 0.350. The third-order valence-electron chi connectivity index (χ3n) is 3.21. The summed E-state index contributed by atoms with van der Waals surface area (Å²) in [5.74, 6) is -0.0555. The van der Waals surface area contributed by atoms with Crippen molar-refractivity contribution in [2.75, 3.05) is 14.2 Å². The number of carbonyl (C=O) groups is 1. The van der Waals surface area contributed by atoms with E-state index in [0.717, 1.165) is 11.1 Å². The fourth-order valence-electron chi connectivity index (χ4n) is 2.03. The monoisotopic (exact) mass is 266 g/mol. The van der Waals surface area contributed by atoms with Crippen LogP contribution in [0.25, 0.3) is 0 Å². The molecule has 0 aromatic heterocycles. The summed E-state index contributed by atoms with van der Waals surface area (Å²) in [5.41, 5.74) is 7.62. The zero-order valence-corrected chi connectivity index (χ0v) is 11.8. The minimum atomic E-state index is -1.05. The fraction of sp³-hybridized carbons (Fsp3) is 0.500. The topological polar surface area (TPSA) is 84.6 Å². The van der Waals surface area contributed by atoms with Crippen LogP contribution in [0.15, 0.2) is 18.2 Å². The quantitative estimate of drug-likeness (QED) is 0.726. The van der Waals surface area contributed by atoms with Crippen molar-refractivity contribution in [2.24, 2.45) is 5.73 Å². The second-order valence-corrected chi connectivity index (χ2v) is 4.79. The van der Waals surface area contributed by atoms with Crippen molar-refractivity contribution in [1.29, 1.82) is 0 Å². The van der Waals surface area contributed by atoms with Gasteiger partial charge in [-0.15, -0.1) is 0 Å². The summed E-state index contributed by atoms with van der Waals surface area (Å²) in [6, 6.07) is 4.26. The summed E-state index contributed by atoms with van der Waals surface area (Å²) in [7, 11) is 3.25. The fourth-order valence-corrected chi connectivity index (χ4v) is 2.03. The first-order valence-corrected chi connectivity index (χ1v) is 6.25. The van der Waals surface area contributed by atoms with Crippen molar-refractivity contribution in [3.05, 3.63) is 29.3 Å². The standard InChI is InChI=1S/C14H22N2O3/c1-8(2)9-5-6-11(19-4)10(7-9)13(16-3)12(15)14(17)18/h5-8,12-13,16H,15H2,1-4H3,(H,17,18). The molecule has 5 heteroatoms. The normalized spacial score (nSPS) is 14.2. The van der Waals surface area contributed by atoms with Crippen molar-refractivity contribution in [3.63, 3.8) is 0 Å². The first-order chi connectivity index (χ1) is 8.92. The third-order valence-corrected chi connectivity index (χ3v) is 3.21. The molecule has 1 rings (SSSR count). The van der Waals surface area contributed by atoms with Gasteiger partial charge in [0.05, 0.1) is 13.2 Å². The van der Waals surface area contributed by atoms with Gasteiger partial charge in [-0.1, -0.05) is 26.0 Å². The molecule has 0 radical (unpaired) electrons. The van der Waals surface area contributed by atoms with Crippen LogP contribution in [0.5, 0.6) is 5.75 Å². The van der Waals surface area contributed by atoms with Gasteiger partial charge < -0.3 is 20.9 Å². The number of aliphatic carboxylic acids is 1. The largest absolute Gasteiger partial charge is 0.496 e. The van der Waals surface area contributed by atoms with Gasteiger partial charge in [0.1, 0.15) is 11.8 Å². The summed E-state index contributed by atoms with van der Waals surface area (Å²) in [5, 5.41) is 12.0. The van der Waals surface area contributed by atoms with E-state index in [0.29, 0.717) is 11.7 Å². The molecule has 1 aromatic carbocycles. The molecule has 0 aliphatic carbocycles. The van der Waals surface area contributed by atoms with Gasteiger partial charge in [0.15, 0.2) is 0 Å². The highest BCUT2D eigenvalue weighted by Gasteiger charge is 2.27. The van der Waals surface area contributed by atoms with Gasteiger partial charge in [-0.05, 0) is 24.6 Å². The van der Waals surface area contributed by atoms with Gasteiger partial charge in [-0.3, -0.25) is 4.79 Å². The van der Waals surface area contributed by atoms with Crippen LogP contribution >= 0.6 is 0 Å². The molecule has 4 N–H and O–H groups in total. The molecule has 1 aromatic rings. The number of nitrogens with one attached hydrogen (secondary N) is 1. The Labute approximate surface area is 113 Å². The Morgan fingerprint density at radius 3 is 2.47 bits per heavy atom. The van der Waals surface area contributed by atoms with E-state index in [9.17, 15) is 4.79 Å². The summed E-state index contributed by atoms with van der Waals surface area (Å²) in [6.07, 6.45) is 0. The first kappa shape index (κ1) is 15.5. The number of benzene rings is 1. The highest BCUT2D eigenvalue weighted by Crippen LogP contribution is 2.30. The molecule has 5 nitrogen and oxygen atoms in total. The van der Waals surface area contributed by atoms with Crippen molar-refractivity contribution in [2.45, 2.75) is 31.8 Å². The van der Waals surface area contributed by atoms with Crippen molar-refractivity contribution in [1.82, 2.24) is 5.32 Å². The molecule has 0 saturated carbocycles. The SMILES string of the molecule is CNC(c1cc(C(C)C)ccc1OC)C(N)C(=O)O. The van der Waals surface area contributed by atoms with E-state index >= 15 is 0 Å². The van der Waals surface area contributed by atoms with E-state index in [1.54, 1.807) is 14.2 Å². The van der Waals surface area contributed by atoms with Crippen LogP contribution in [0, 0.1) is 0 Å². The van der Waals surface area contributed by atoms with Gasteiger partial charge in [0.2, 0.25) is 0 Å². The Bertz CT molecular complexity index is 446. The molecule has 106 valence electrons. The average molecular weight is 266 g/mol. The lowest BCUT2D eigenvalue weighted by Crippen LogP contribution is -2.42. The lowest BCUT2D eigenvalue weighted by Gasteiger charge is -2.24. The van der Waals surface area contributed by atoms with Crippen LogP contribution in [0.3, 0.4) is 0 Å². The Balaban J connectivity index is 3.27. The second-order valence-electron chi connectivity index (χ2n) is 4.79. The van der Waals surface area contributed by atoms with E-state index in [1.807, 2.05) is 18.2 Å². The maximum Gasteiger partial charge on any atom is 0.322 e. The third kappa shape index (κ3) is 3.45. The average Bonchev–Trinajstić information content (AvgIpc) is 2.39. The van der Waals surface area contributed by atoms with Crippen LogP contribution in [0.4, 0.5) is 0 Å². The molecule has 0 aliphatic rings. The minimum Gasteiger partial charge on any atom is -0.496 e. The number of carboxylic acid groups (broad SMARTS) is 1. The molecule has 0 heterocycles. The van der Waals surface area contributed by atoms with Crippen LogP contribution in [-0.4, -0.2) is 31.3 Å². The van der Waals surface area contributed by atoms with Crippen molar-refractivity contribution < 1.29 is 14.6 Å². The molecule has 19 heavy (non-hydrogen) atoms. The summed E-state index contributed by atoms with van der Waals surface area (Å²) in [6.45, 7) is 4.16. The Morgan fingerprint density at radius 1 is 1.42 bits per heavy atom. The molecule has 0 amide bonds. The van der Waals surface area contributed by atoms with Crippen LogP contribution in [0.1, 0.15) is 36.9 Å². The molecule has 0 aliphatic heterocycles. The van der Waals surface area contributed by atoms with Gasteiger partial charge in [0.25, 0.3) is 0 Å². The summed E-state index contributed by atoms with van der Waals surface area (Å²) in [4.78, 5) is 11.1. The highest BCUT2D eigenvalue weighted by atomic mass is 16.5. The Morgan fingerprint density at radius 2 is 2.05 bits per heavy atom. The van der Waals surface area contributed by atoms with E-state index in [-0.39, 0.29) is 0 Å². The van der Waals surface area contributed by atoms with Gasteiger partial charge in [-0.25, -0.2) is 0 Å². The maximum atomic E-state index is 11.1. The van der Waals surface area contributed by atoms with E-state index in [1.165, 1.54) is 0 Å². The molecular weight excluding hydrogens is 244 g/mol. The number of ether oxygens (including phenoxy) is 1. The maximum absolute atomic E-state index is 11.1. The highest BCUT2D eigenvalue weighted by molar-refractivity contribution is 5.74. The smallest absolute Gasteiger partial charge is 0.322 e. The molecule has 0 bridgehead atoms. The predicted molar refractivity (Wildman–Crippen MR) is 74.5 cm³/mol. The Hall–Kier alpha value is -1.59. The van der Waals surface area contributed by atoms with Crippen LogP contribution in [-0.2, 0) is 4.79 Å². The molecule has 2 atom stereocenters. The first-order valence-electron chi connectivity index (χ1n) is 6.25. The van der Waals surface area contributed by atoms with Crippen LogP contribution in [0.2, 0.25) is 0 Å². The van der Waals surface area contributed by atoms with Crippen molar-refractivity contribution >= 4 is 5.97 Å². The van der Waals surface area contributed by atoms with E-state index in [4.69, 9.17) is 15.6 Å². The van der Waals surface area contributed by atoms with E-state index in [2.05, 4.69) is 19.2 Å². The number of carboxylic acids is 1. The molecule has 0 saturated heterocycles. The molecule has 0 fully saturated rings. The second kappa shape index (κ2) is 6.54. The van der Waals surface area contributed by atoms with Gasteiger partial charge >= 0.3 is 5.97 Å². The zero-order valence-electron chi connectivity index (χ0n) is 11.8. The summed E-state index contributed by atoms with van der Waals surface area (Å²) >= 11 is 0. The van der Waals surface area contributed by atoms with Gasteiger partial charge in [-0.2, -0.15) is 0 Å². The van der Waals surface area contributed by atoms with Crippen molar-refractivity contribution in [3.8, 4) is 5.75 Å². The number of methoxy groups -OCH3 is 1. The Kier molecular flexibility index (Phi) is 5.32. The lowest BCUT2D eigenvalue weighted by molar-refractivity contribution is -0.139. The number of hydrogen-bond donors (Lipinski definition) is 3.